The van der Waals surface area contributed by atoms with Crippen LogP contribution in [0.15, 0.2) is 30.3 Å². The van der Waals surface area contributed by atoms with Crippen LogP contribution < -0.4 is 0 Å². The molecule has 1 aromatic rings. The Labute approximate surface area is 91.2 Å². The van der Waals surface area contributed by atoms with Crippen molar-refractivity contribution >= 4 is 0 Å². The molecule has 1 fully saturated rings. The molecule has 0 bridgehead atoms. The van der Waals surface area contributed by atoms with Gasteiger partial charge in [-0.1, -0.05) is 37.3 Å². The second-order valence-electron chi connectivity index (χ2n) is 4.25. The molecule has 1 aliphatic rings. The Kier molecular flexibility index (Phi) is 3.08. The van der Waals surface area contributed by atoms with Gasteiger partial charge in [0.1, 0.15) is 0 Å². The van der Waals surface area contributed by atoms with Crippen molar-refractivity contribution in [2.75, 3.05) is 0 Å². The summed E-state index contributed by atoms with van der Waals surface area (Å²) in [6.07, 6.45) is 0.291. The highest BCUT2D eigenvalue weighted by Gasteiger charge is 2.33. The monoisotopic (exact) mass is 206 g/mol. The van der Waals surface area contributed by atoms with Gasteiger partial charge in [0.2, 0.25) is 0 Å². The first-order chi connectivity index (χ1) is 7.18. The fourth-order valence-electron chi connectivity index (χ4n) is 1.83. The van der Waals surface area contributed by atoms with E-state index in [1.54, 1.807) is 0 Å². The van der Waals surface area contributed by atoms with E-state index >= 15 is 0 Å². The minimum Gasteiger partial charge on any atom is -0.346 e. The van der Waals surface area contributed by atoms with Crippen LogP contribution in [-0.4, -0.2) is 18.5 Å². The third-order valence-electron chi connectivity index (χ3n) is 3.09. The zero-order chi connectivity index (χ0) is 10.8. The molecule has 1 aromatic carbocycles. The van der Waals surface area contributed by atoms with Gasteiger partial charge in [0.05, 0.1) is 12.2 Å². The van der Waals surface area contributed by atoms with Crippen LogP contribution in [0.2, 0.25) is 0 Å². The number of hydrogen-bond donors (Lipinski definition) is 0. The molecule has 1 aliphatic heterocycles. The minimum absolute atomic E-state index is 0.0996. The molecule has 82 valence electrons. The van der Waals surface area contributed by atoms with Crippen LogP contribution in [0, 0.1) is 0 Å². The lowest BCUT2D eigenvalue weighted by Crippen LogP contribution is -2.17. The zero-order valence-electron chi connectivity index (χ0n) is 9.51. The molecule has 0 spiro atoms. The first-order valence-electron chi connectivity index (χ1n) is 5.54. The van der Waals surface area contributed by atoms with Gasteiger partial charge in [0.25, 0.3) is 0 Å². The normalized spacial score (nSPS) is 29.3. The number of ether oxygens (including phenoxy) is 2. The van der Waals surface area contributed by atoms with E-state index in [1.165, 1.54) is 5.56 Å². The molecule has 0 aromatic heterocycles. The molecule has 0 amide bonds. The standard InChI is InChI=1S/C13H18O2/c1-9(12-7-5-4-6-8-12)13-14-10(2)11(3)15-13/h4-11,13H,1-3H3/t9?,10-,11-/m1/s1. The highest BCUT2D eigenvalue weighted by molar-refractivity contribution is 5.19. The third kappa shape index (κ3) is 2.21. The Balaban J connectivity index is 2.07. The maximum atomic E-state index is 5.77. The summed E-state index contributed by atoms with van der Waals surface area (Å²) in [6.45, 7) is 6.26. The van der Waals surface area contributed by atoms with Gasteiger partial charge < -0.3 is 9.47 Å². The molecule has 2 rings (SSSR count). The smallest absolute Gasteiger partial charge is 0.165 e. The van der Waals surface area contributed by atoms with Crippen molar-refractivity contribution in [1.29, 1.82) is 0 Å². The summed E-state index contributed by atoms with van der Waals surface area (Å²) in [5.41, 5.74) is 1.27. The summed E-state index contributed by atoms with van der Waals surface area (Å²) >= 11 is 0. The van der Waals surface area contributed by atoms with Gasteiger partial charge in [0.15, 0.2) is 6.29 Å². The molecule has 0 saturated carbocycles. The summed E-state index contributed by atoms with van der Waals surface area (Å²) in [5, 5.41) is 0. The van der Waals surface area contributed by atoms with E-state index in [0.717, 1.165) is 0 Å². The van der Waals surface area contributed by atoms with E-state index in [2.05, 4.69) is 32.9 Å². The van der Waals surface area contributed by atoms with E-state index in [1.807, 2.05) is 18.2 Å². The highest BCUT2D eigenvalue weighted by atomic mass is 16.7. The van der Waals surface area contributed by atoms with Crippen molar-refractivity contribution in [2.45, 2.75) is 45.2 Å². The Hall–Kier alpha value is -0.860. The van der Waals surface area contributed by atoms with Crippen molar-refractivity contribution in [3.05, 3.63) is 35.9 Å². The second kappa shape index (κ2) is 4.33. The maximum absolute atomic E-state index is 5.77. The zero-order valence-corrected chi connectivity index (χ0v) is 9.51. The summed E-state index contributed by atoms with van der Waals surface area (Å²) < 4.78 is 11.5. The van der Waals surface area contributed by atoms with Crippen molar-refractivity contribution in [1.82, 2.24) is 0 Å². The average molecular weight is 206 g/mol. The van der Waals surface area contributed by atoms with Crippen LogP contribution in [0.4, 0.5) is 0 Å². The van der Waals surface area contributed by atoms with E-state index in [0.29, 0.717) is 5.92 Å². The Morgan fingerprint density at radius 2 is 1.53 bits per heavy atom. The van der Waals surface area contributed by atoms with Crippen molar-refractivity contribution in [2.24, 2.45) is 0 Å². The summed E-state index contributed by atoms with van der Waals surface area (Å²) in [6, 6.07) is 10.4. The molecule has 3 atom stereocenters. The molecule has 1 heterocycles. The molecule has 15 heavy (non-hydrogen) atoms. The predicted octanol–water partition coefficient (Wildman–Crippen LogP) is 2.94. The van der Waals surface area contributed by atoms with Crippen LogP contribution in [0.3, 0.4) is 0 Å². The van der Waals surface area contributed by atoms with Crippen LogP contribution in [0.25, 0.3) is 0 Å². The number of hydrogen-bond acceptors (Lipinski definition) is 2. The first kappa shape index (κ1) is 10.7. The van der Waals surface area contributed by atoms with Gasteiger partial charge in [-0.05, 0) is 19.4 Å². The molecular weight excluding hydrogens is 188 g/mol. The Morgan fingerprint density at radius 1 is 1.00 bits per heavy atom. The number of rotatable bonds is 2. The Bertz CT molecular complexity index is 300. The van der Waals surface area contributed by atoms with Gasteiger partial charge in [-0.15, -0.1) is 0 Å². The molecule has 1 unspecified atom stereocenters. The largest absolute Gasteiger partial charge is 0.346 e. The fraction of sp³-hybridized carbons (Fsp3) is 0.538. The van der Waals surface area contributed by atoms with Crippen LogP contribution in [0.1, 0.15) is 32.3 Å². The van der Waals surface area contributed by atoms with Gasteiger partial charge in [-0.25, -0.2) is 0 Å². The molecule has 0 aliphatic carbocycles. The topological polar surface area (TPSA) is 18.5 Å². The molecular formula is C13H18O2. The van der Waals surface area contributed by atoms with E-state index < -0.39 is 0 Å². The lowest BCUT2D eigenvalue weighted by Gasteiger charge is -2.18. The summed E-state index contributed by atoms with van der Waals surface area (Å²) in [4.78, 5) is 0. The van der Waals surface area contributed by atoms with Gasteiger partial charge in [-0.3, -0.25) is 0 Å². The van der Waals surface area contributed by atoms with E-state index in [-0.39, 0.29) is 18.5 Å². The third-order valence-corrected chi connectivity index (χ3v) is 3.09. The summed E-state index contributed by atoms with van der Waals surface area (Å²) in [7, 11) is 0. The summed E-state index contributed by atoms with van der Waals surface area (Å²) in [5.74, 6) is 0.290. The van der Waals surface area contributed by atoms with Crippen LogP contribution in [-0.2, 0) is 9.47 Å². The van der Waals surface area contributed by atoms with Crippen LogP contribution >= 0.6 is 0 Å². The van der Waals surface area contributed by atoms with Crippen molar-refractivity contribution in [3.8, 4) is 0 Å². The fourth-order valence-corrected chi connectivity index (χ4v) is 1.83. The molecule has 2 nitrogen and oxygen atoms in total. The minimum atomic E-state index is -0.0996. The van der Waals surface area contributed by atoms with Gasteiger partial charge >= 0.3 is 0 Å². The highest BCUT2D eigenvalue weighted by Crippen LogP contribution is 2.29. The van der Waals surface area contributed by atoms with Crippen molar-refractivity contribution < 1.29 is 9.47 Å². The second-order valence-corrected chi connectivity index (χ2v) is 4.25. The Morgan fingerprint density at radius 3 is 2.07 bits per heavy atom. The van der Waals surface area contributed by atoms with E-state index in [4.69, 9.17) is 9.47 Å². The maximum Gasteiger partial charge on any atom is 0.165 e. The number of benzene rings is 1. The molecule has 0 radical (unpaired) electrons. The lowest BCUT2D eigenvalue weighted by atomic mass is 10.0. The average Bonchev–Trinajstić information content (AvgIpc) is 2.59. The molecule has 0 N–H and O–H groups in total. The molecule has 1 saturated heterocycles. The SMILES string of the molecule is CC(c1ccccc1)C1O[C@H](C)[C@@H](C)O1. The lowest BCUT2D eigenvalue weighted by molar-refractivity contribution is -0.0767. The van der Waals surface area contributed by atoms with Crippen molar-refractivity contribution in [3.63, 3.8) is 0 Å². The van der Waals surface area contributed by atoms with Crippen LogP contribution in [0.5, 0.6) is 0 Å². The van der Waals surface area contributed by atoms with E-state index in [9.17, 15) is 0 Å². The predicted molar refractivity (Wildman–Crippen MR) is 59.7 cm³/mol. The first-order valence-corrected chi connectivity index (χ1v) is 5.54. The van der Waals surface area contributed by atoms with Gasteiger partial charge in [-0.2, -0.15) is 0 Å². The quantitative estimate of drug-likeness (QED) is 0.740. The molecule has 2 heteroatoms. The van der Waals surface area contributed by atoms with Gasteiger partial charge in [0, 0.05) is 5.92 Å².